The van der Waals surface area contributed by atoms with Gasteiger partial charge in [0.2, 0.25) is 5.91 Å². The zero-order valence-corrected chi connectivity index (χ0v) is 17.8. The molecule has 3 aliphatic rings. The van der Waals surface area contributed by atoms with Crippen LogP contribution in [0.15, 0.2) is 77.5 Å². The van der Waals surface area contributed by atoms with E-state index in [9.17, 15) is 9.59 Å². The lowest BCUT2D eigenvalue weighted by Crippen LogP contribution is -2.30. The van der Waals surface area contributed by atoms with Gasteiger partial charge in [-0.1, -0.05) is 42.5 Å². The molecule has 32 heavy (non-hydrogen) atoms. The van der Waals surface area contributed by atoms with Crippen molar-refractivity contribution >= 4 is 18.1 Å². The van der Waals surface area contributed by atoms with Gasteiger partial charge in [0.15, 0.2) is 0 Å². The molecule has 0 aromatic heterocycles. The Labute approximate surface area is 186 Å². The van der Waals surface area contributed by atoms with Crippen LogP contribution in [0.5, 0.6) is 11.5 Å². The fourth-order valence-corrected chi connectivity index (χ4v) is 4.13. The number of rotatable bonds is 5. The minimum atomic E-state index is -0.263. The maximum Gasteiger partial charge on any atom is 0.409 e. The molecule has 2 saturated heterocycles. The maximum absolute atomic E-state index is 11.5. The first-order valence-electron chi connectivity index (χ1n) is 10.7. The Hall–Kier alpha value is -3.80. The lowest BCUT2D eigenvalue weighted by Gasteiger charge is -2.16. The van der Waals surface area contributed by atoms with Crippen LogP contribution < -0.4 is 10.1 Å². The molecule has 6 heteroatoms. The third-order valence-electron chi connectivity index (χ3n) is 5.97. The summed E-state index contributed by atoms with van der Waals surface area (Å²) in [5.41, 5.74) is 5.43. The van der Waals surface area contributed by atoms with E-state index >= 15 is 0 Å². The van der Waals surface area contributed by atoms with E-state index in [1.807, 2.05) is 48.5 Å². The summed E-state index contributed by atoms with van der Waals surface area (Å²) < 4.78 is 11.0. The molecule has 1 aliphatic carbocycles. The molecule has 0 radical (unpaired) electrons. The smallest absolute Gasteiger partial charge is 0.409 e. The highest BCUT2D eigenvalue weighted by molar-refractivity contribution is 5.87. The van der Waals surface area contributed by atoms with Crippen LogP contribution in [0.2, 0.25) is 0 Å². The number of allylic oxidation sites excluding steroid dienone is 4. The number of amides is 2. The van der Waals surface area contributed by atoms with Gasteiger partial charge >= 0.3 is 6.09 Å². The van der Waals surface area contributed by atoms with Crippen molar-refractivity contribution in [3.8, 4) is 11.5 Å². The number of cyclic esters (lactones) is 1. The molecule has 2 aromatic carbocycles. The highest BCUT2D eigenvalue weighted by atomic mass is 16.6. The van der Waals surface area contributed by atoms with E-state index in [0.29, 0.717) is 13.0 Å². The molecular weight excluding hydrogens is 404 g/mol. The van der Waals surface area contributed by atoms with E-state index in [-0.39, 0.29) is 18.0 Å². The molecule has 6 nitrogen and oxygen atoms in total. The van der Waals surface area contributed by atoms with Gasteiger partial charge in [0, 0.05) is 12.7 Å². The van der Waals surface area contributed by atoms with E-state index in [1.54, 1.807) is 11.9 Å². The third kappa shape index (κ3) is 4.30. The zero-order valence-electron chi connectivity index (χ0n) is 17.8. The molecule has 2 aromatic rings. The largest absolute Gasteiger partial charge is 0.457 e. The Balaban J connectivity index is 1.20. The Bertz CT molecular complexity index is 1140. The molecule has 0 bridgehead atoms. The van der Waals surface area contributed by atoms with Crippen LogP contribution in [0, 0.1) is 0 Å². The quantitative estimate of drug-likeness (QED) is 0.756. The summed E-state index contributed by atoms with van der Waals surface area (Å²) in [6.45, 7) is 0.430. The first-order valence-corrected chi connectivity index (χ1v) is 10.7. The molecule has 1 N–H and O–H groups in total. The minimum absolute atomic E-state index is 0.0632. The van der Waals surface area contributed by atoms with Gasteiger partial charge in [0.1, 0.15) is 18.1 Å². The van der Waals surface area contributed by atoms with E-state index in [4.69, 9.17) is 9.47 Å². The van der Waals surface area contributed by atoms with Gasteiger partial charge in [-0.15, -0.1) is 0 Å². The lowest BCUT2D eigenvalue weighted by atomic mass is 9.97. The number of carbonyl (C=O) groups excluding carboxylic acids is 2. The van der Waals surface area contributed by atoms with Crippen LogP contribution in [0.4, 0.5) is 4.79 Å². The van der Waals surface area contributed by atoms with Gasteiger partial charge in [-0.05, 0) is 59.4 Å². The molecule has 2 heterocycles. The summed E-state index contributed by atoms with van der Waals surface area (Å²) in [5.74, 6) is 1.59. The van der Waals surface area contributed by atoms with Gasteiger partial charge in [0.25, 0.3) is 0 Å². The number of likely N-dealkylation sites (N-methyl/N-ethyl adjacent to an activating group) is 1. The topological polar surface area (TPSA) is 67.9 Å². The summed E-state index contributed by atoms with van der Waals surface area (Å²) in [6.07, 6.45) is 8.06. The second-order valence-corrected chi connectivity index (χ2v) is 8.30. The molecule has 5 rings (SSSR count). The number of nitrogens with zero attached hydrogens (tertiary/aromatic N) is 1. The Morgan fingerprint density at radius 3 is 2.50 bits per heavy atom. The van der Waals surface area contributed by atoms with Crippen molar-refractivity contribution in [1.29, 1.82) is 0 Å². The fraction of sp³-hybridized carbons (Fsp3) is 0.231. The highest BCUT2D eigenvalue weighted by Gasteiger charge is 2.29. The van der Waals surface area contributed by atoms with Crippen molar-refractivity contribution < 1.29 is 19.1 Å². The molecule has 2 aliphatic heterocycles. The summed E-state index contributed by atoms with van der Waals surface area (Å²) in [7, 11) is 1.77. The molecule has 1 unspecified atom stereocenters. The summed E-state index contributed by atoms with van der Waals surface area (Å²) >= 11 is 0. The van der Waals surface area contributed by atoms with Crippen LogP contribution in [0.3, 0.4) is 0 Å². The molecule has 0 saturated carbocycles. The van der Waals surface area contributed by atoms with Crippen LogP contribution >= 0.6 is 0 Å². The van der Waals surface area contributed by atoms with E-state index in [0.717, 1.165) is 46.7 Å². The maximum atomic E-state index is 11.5. The summed E-state index contributed by atoms with van der Waals surface area (Å²) in [5, 5.41) is 2.88. The first-order chi connectivity index (χ1) is 15.5. The number of benzene rings is 2. The third-order valence-corrected chi connectivity index (χ3v) is 5.97. The van der Waals surface area contributed by atoms with Crippen molar-refractivity contribution in [3.05, 3.63) is 88.7 Å². The monoisotopic (exact) mass is 428 g/mol. The Morgan fingerprint density at radius 1 is 1.09 bits per heavy atom. The van der Waals surface area contributed by atoms with Crippen molar-refractivity contribution in [2.24, 2.45) is 0 Å². The second-order valence-electron chi connectivity index (χ2n) is 8.30. The molecule has 2 fully saturated rings. The SMILES string of the molecule is CN1C(=O)OCC1Cc1ccc(Oc2ccc(/C=C3/C=C4CC(=O)NC4=CC3)cc2)cc1. The van der Waals surface area contributed by atoms with Gasteiger partial charge in [-0.25, -0.2) is 4.79 Å². The van der Waals surface area contributed by atoms with Crippen molar-refractivity contribution in [3.63, 3.8) is 0 Å². The van der Waals surface area contributed by atoms with Crippen molar-refractivity contribution in [1.82, 2.24) is 10.2 Å². The average molecular weight is 428 g/mol. The van der Waals surface area contributed by atoms with Crippen molar-refractivity contribution in [2.45, 2.75) is 25.3 Å². The molecule has 0 spiro atoms. The molecular formula is C26H24N2O4. The van der Waals surface area contributed by atoms with Crippen LogP contribution in [-0.4, -0.2) is 36.6 Å². The van der Waals surface area contributed by atoms with Gasteiger partial charge in [-0.2, -0.15) is 0 Å². The lowest BCUT2D eigenvalue weighted by molar-refractivity contribution is -0.118. The number of ether oxygens (including phenoxy) is 2. The van der Waals surface area contributed by atoms with Gasteiger partial charge < -0.3 is 19.7 Å². The summed E-state index contributed by atoms with van der Waals surface area (Å²) in [6, 6.07) is 16.0. The normalized spacial score (nSPS) is 21.1. The standard InChI is InChI=1S/C26H24N2O4/c1-28-21(16-31-26(28)30)14-18-4-9-23(10-5-18)32-22-7-2-17(3-8-22)12-19-6-11-24-20(13-19)15-25(29)27-24/h2-5,7-13,21H,6,14-16H2,1H3,(H,27,29)/b19-12+. The number of hydrogen-bond acceptors (Lipinski definition) is 4. The Morgan fingerprint density at radius 2 is 1.81 bits per heavy atom. The highest BCUT2D eigenvalue weighted by Crippen LogP contribution is 2.29. The average Bonchev–Trinajstić information content (AvgIpc) is 3.32. The number of carbonyl (C=O) groups is 2. The van der Waals surface area contributed by atoms with Crippen LogP contribution in [0.25, 0.3) is 6.08 Å². The Kier molecular flexibility index (Phi) is 5.27. The van der Waals surface area contributed by atoms with Crippen LogP contribution in [0.1, 0.15) is 24.0 Å². The minimum Gasteiger partial charge on any atom is -0.457 e. The van der Waals surface area contributed by atoms with Gasteiger partial charge in [-0.3, -0.25) is 4.79 Å². The predicted molar refractivity (Wildman–Crippen MR) is 121 cm³/mol. The van der Waals surface area contributed by atoms with E-state index < -0.39 is 0 Å². The predicted octanol–water partition coefficient (Wildman–Crippen LogP) is 4.59. The fourth-order valence-electron chi connectivity index (χ4n) is 4.13. The summed E-state index contributed by atoms with van der Waals surface area (Å²) in [4.78, 5) is 24.7. The van der Waals surface area contributed by atoms with Gasteiger partial charge in [0.05, 0.1) is 12.5 Å². The van der Waals surface area contributed by atoms with Crippen molar-refractivity contribution in [2.75, 3.05) is 13.7 Å². The first kappa shape index (κ1) is 20.1. The number of hydrogen-bond donors (Lipinski definition) is 1. The van der Waals surface area contributed by atoms with Crippen LogP contribution in [-0.2, 0) is 16.0 Å². The van der Waals surface area contributed by atoms with E-state index in [2.05, 4.69) is 23.5 Å². The molecule has 162 valence electrons. The van der Waals surface area contributed by atoms with E-state index in [1.165, 1.54) is 5.57 Å². The molecule has 1 atom stereocenters. The second kappa shape index (κ2) is 8.38. The molecule has 2 amide bonds. The number of fused-ring (bicyclic) bond motifs is 1. The zero-order chi connectivity index (χ0) is 22.1. The number of nitrogens with one attached hydrogen (secondary N) is 1.